The maximum atomic E-state index is 11.7. The first kappa shape index (κ1) is 15.4. The lowest BCUT2D eigenvalue weighted by molar-refractivity contribution is -0.385. The SMILES string of the molecule is CC(=O)c1cc(N2CCCC2CN(C)C)ccc1[N+](=O)[O-]. The maximum absolute atomic E-state index is 11.7. The van der Waals surface area contributed by atoms with E-state index in [-0.39, 0.29) is 17.0 Å². The molecule has 114 valence electrons. The van der Waals surface area contributed by atoms with Gasteiger partial charge in [0.2, 0.25) is 0 Å². The molecule has 1 aromatic rings. The normalized spacial score (nSPS) is 18.3. The number of nitrogens with zero attached hydrogens (tertiary/aromatic N) is 3. The summed E-state index contributed by atoms with van der Waals surface area (Å²) in [6.07, 6.45) is 2.20. The van der Waals surface area contributed by atoms with Gasteiger partial charge in [0, 0.05) is 30.9 Å². The van der Waals surface area contributed by atoms with Crippen LogP contribution in [0.3, 0.4) is 0 Å². The van der Waals surface area contributed by atoms with Crippen LogP contribution in [0, 0.1) is 10.1 Å². The molecule has 1 aliphatic rings. The lowest BCUT2D eigenvalue weighted by atomic mass is 10.1. The Morgan fingerprint density at radius 3 is 2.76 bits per heavy atom. The second kappa shape index (κ2) is 6.22. The summed E-state index contributed by atoms with van der Waals surface area (Å²) in [5.41, 5.74) is 0.970. The number of ketones is 1. The second-order valence-electron chi connectivity index (χ2n) is 5.77. The highest BCUT2D eigenvalue weighted by molar-refractivity contribution is 5.99. The second-order valence-corrected chi connectivity index (χ2v) is 5.77. The van der Waals surface area contributed by atoms with Gasteiger partial charge in [-0.15, -0.1) is 0 Å². The molecule has 0 amide bonds. The Morgan fingerprint density at radius 1 is 1.48 bits per heavy atom. The van der Waals surface area contributed by atoms with Gasteiger partial charge in [-0.3, -0.25) is 14.9 Å². The summed E-state index contributed by atoms with van der Waals surface area (Å²) in [4.78, 5) is 26.6. The first-order chi connectivity index (χ1) is 9.90. The third kappa shape index (κ3) is 3.39. The molecular weight excluding hydrogens is 270 g/mol. The van der Waals surface area contributed by atoms with Crippen LogP contribution in [0.4, 0.5) is 11.4 Å². The minimum Gasteiger partial charge on any atom is -0.367 e. The van der Waals surface area contributed by atoms with Crippen LogP contribution in [-0.2, 0) is 0 Å². The van der Waals surface area contributed by atoms with E-state index in [0.717, 1.165) is 31.6 Å². The van der Waals surface area contributed by atoms with Crippen molar-refractivity contribution in [2.24, 2.45) is 0 Å². The lowest BCUT2D eigenvalue weighted by Gasteiger charge is -2.29. The number of benzene rings is 1. The van der Waals surface area contributed by atoms with Crippen molar-refractivity contribution in [3.8, 4) is 0 Å². The highest BCUT2D eigenvalue weighted by Gasteiger charge is 2.27. The lowest BCUT2D eigenvalue weighted by Crippen LogP contribution is -2.37. The molecule has 0 spiro atoms. The van der Waals surface area contributed by atoms with E-state index in [4.69, 9.17) is 0 Å². The molecule has 2 rings (SSSR count). The molecule has 1 heterocycles. The van der Waals surface area contributed by atoms with Gasteiger partial charge in [0.15, 0.2) is 5.78 Å². The van der Waals surface area contributed by atoms with E-state index in [9.17, 15) is 14.9 Å². The number of rotatable bonds is 5. The van der Waals surface area contributed by atoms with Crippen molar-refractivity contribution in [3.05, 3.63) is 33.9 Å². The highest BCUT2D eigenvalue weighted by atomic mass is 16.6. The molecule has 1 fully saturated rings. The Hall–Kier alpha value is -1.95. The van der Waals surface area contributed by atoms with Gasteiger partial charge < -0.3 is 9.80 Å². The summed E-state index contributed by atoms with van der Waals surface area (Å²) in [6, 6.07) is 5.24. The Kier molecular flexibility index (Phi) is 4.57. The molecule has 0 aliphatic carbocycles. The van der Waals surface area contributed by atoms with Crippen molar-refractivity contribution in [1.82, 2.24) is 4.90 Å². The van der Waals surface area contributed by atoms with Crippen LogP contribution in [0.1, 0.15) is 30.1 Å². The number of anilines is 1. The summed E-state index contributed by atoms with van der Waals surface area (Å²) in [6.45, 7) is 3.23. The van der Waals surface area contributed by atoms with Crippen LogP contribution in [-0.4, -0.2) is 48.8 Å². The fraction of sp³-hybridized carbons (Fsp3) is 0.533. The average Bonchev–Trinajstić information content (AvgIpc) is 2.85. The molecule has 6 heteroatoms. The third-order valence-electron chi connectivity index (χ3n) is 3.84. The number of carbonyl (C=O) groups is 1. The van der Waals surface area contributed by atoms with Crippen molar-refractivity contribution in [1.29, 1.82) is 0 Å². The molecule has 0 radical (unpaired) electrons. The number of nitro benzene ring substituents is 1. The molecule has 0 saturated carbocycles. The van der Waals surface area contributed by atoms with E-state index in [1.165, 1.54) is 13.0 Å². The van der Waals surface area contributed by atoms with Crippen molar-refractivity contribution >= 4 is 17.2 Å². The van der Waals surface area contributed by atoms with Gasteiger partial charge in [-0.2, -0.15) is 0 Å². The Labute approximate surface area is 124 Å². The van der Waals surface area contributed by atoms with E-state index >= 15 is 0 Å². The molecule has 1 aromatic carbocycles. The Morgan fingerprint density at radius 2 is 2.19 bits per heavy atom. The van der Waals surface area contributed by atoms with Crippen LogP contribution >= 0.6 is 0 Å². The molecule has 1 aliphatic heterocycles. The average molecular weight is 291 g/mol. The first-order valence-corrected chi connectivity index (χ1v) is 7.11. The Bertz CT molecular complexity index is 557. The summed E-state index contributed by atoms with van der Waals surface area (Å²) in [5.74, 6) is -0.271. The largest absolute Gasteiger partial charge is 0.367 e. The van der Waals surface area contributed by atoms with Gasteiger partial charge in [0.05, 0.1) is 10.5 Å². The smallest absolute Gasteiger partial charge is 0.280 e. The fourth-order valence-corrected chi connectivity index (χ4v) is 2.93. The molecule has 0 N–H and O–H groups in total. The van der Waals surface area contributed by atoms with Crippen LogP contribution in [0.5, 0.6) is 0 Å². The summed E-state index contributed by atoms with van der Waals surface area (Å²) in [5, 5.41) is 11.0. The minimum absolute atomic E-state index is 0.116. The van der Waals surface area contributed by atoms with Crippen molar-refractivity contribution in [3.63, 3.8) is 0 Å². The maximum Gasteiger partial charge on any atom is 0.280 e. The number of hydrogen-bond donors (Lipinski definition) is 0. The van der Waals surface area contributed by atoms with E-state index in [2.05, 4.69) is 9.80 Å². The van der Waals surface area contributed by atoms with E-state index in [1.54, 1.807) is 12.1 Å². The van der Waals surface area contributed by atoms with Crippen LogP contribution in [0.25, 0.3) is 0 Å². The van der Waals surface area contributed by atoms with Gasteiger partial charge >= 0.3 is 0 Å². The van der Waals surface area contributed by atoms with Gasteiger partial charge in [-0.1, -0.05) is 0 Å². The van der Waals surface area contributed by atoms with Crippen LogP contribution in [0.15, 0.2) is 18.2 Å². The molecule has 0 aromatic heterocycles. The zero-order valence-electron chi connectivity index (χ0n) is 12.7. The zero-order chi connectivity index (χ0) is 15.6. The number of carbonyl (C=O) groups excluding carboxylic acids is 1. The predicted molar refractivity (Wildman–Crippen MR) is 82.0 cm³/mol. The fourth-order valence-electron chi connectivity index (χ4n) is 2.93. The van der Waals surface area contributed by atoms with Crippen LogP contribution < -0.4 is 4.90 Å². The van der Waals surface area contributed by atoms with E-state index in [0.29, 0.717) is 6.04 Å². The summed E-state index contributed by atoms with van der Waals surface area (Å²) >= 11 is 0. The highest BCUT2D eigenvalue weighted by Crippen LogP contribution is 2.30. The summed E-state index contributed by atoms with van der Waals surface area (Å²) in [7, 11) is 4.07. The quantitative estimate of drug-likeness (QED) is 0.473. The third-order valence-corrected chi connectivity index (χ3v) is 3.84. The number of hydrogen-bond acceptors (Lipinski definition) is 5. The molecule has 1 saturated heterocycles. The topological polar surface area (TPSA) is 66.7 Å². The monoisotopic (exact) mass is 291 g/mol. The molecule has 0 bridgehead atoms. The molecule has 6 nitrogen and oxygen atoms in total. The van der Waals surface area contributed by atoms with Crippen molar-refractivity contribution in [2.75, 3.05) is 32.1 Å². The van der Waals surface area contributed by atoms with Gasteiger partial charge in [0.25, 0.3) is 5.69 Å². The number of likely N-dealkylation sites (N-methyl/N-ethyl adjacent to an activating group) is 1. The van der Waals surface area contributed by atoms with E-state index in [1.807, 2.05) is 14.1 Å². The molecule has 1 atom stereocenters. The first-order valence-electron chi connectivity index (χ1n) is 7.11. The van der Waals surface area contributed by atoms with Gasteiger partial charge in [-0.05, 0) is 46.0 Å². The molecule has 1 unspecified atom stereocenters. The number of nitro groups is 1. The van der Waals surface area contributed by atoms with Gasteiger partial charge in [-0.25, -0.2) is 0 Å². The number of Topliss-reactive ketones (excluding diaryl/α,β-unsaturated/α-hetero) is 1. The van der Waals surface area contributed by atoms with E-state index < -0.39 is 4.92 Å². The predicted octanol–water partition coefficient (Wildman–Crippen LogP) is 2.33. The van der Waals surface area contributed by atoms with Crippen molar-refractivity contribution < 1.29 is 9.72 Å². The Balaban J connectivity index is 2.33. The minimum atomic E-state index is -0.498. The summed E-state index contributed by atoms with van der Waals surface area (Å²) < 4.78 is 0. The molecule has 21 heavy (non-hydrogen) atoms. The van der Waals surface area contributed by atoms with Crippen molar-refractivity contribution in [2.45, 2.75) is 25.8 Å². The molecular formula is C15H21N3O3. The zero-order valence-corrected chi connectivity index (χ0v) is 12.7. The standard InChI is InChI=1S/C15H21N3O3/c1-11(19)14-9-12(6-7-15(14)18(20)21)17-8-4-5-13(17)10-16(2)3/h6-7,9,13H,4-5,8,10H2,1-3H3. The van der Waals surface area contributed by atoms with Gasteiger partial charge in [0.1, 0.15) is 0 Å². The van der Waals surface area contributed by atoms with Crippen LogP contribution in [0.2, 0.25) is 0 Å².